The first-order valence-electron chi connectivity index (χ1n) is 6.29. The lowest BCUT2D eigenvalue weighted by Gasteiger charge is -2.30. The molecule has 2 N–H and O–H groups in total. The number of aliphatic hydroxyl groups is 1. The fraction of sp³-hybridized carbons (Fsp3) is 0.571. The van der Waals surface area contributed by atoms with Gasteiger partial charge in [-0.25, -0.2) is 0 Å². The standard InChI is InChI=1S/C14H23NO2/c1-4-13(16)10-15(5-2)11(3)12-7-6-8-14(17)9-12/h6-9,11,13,16-17H,4-5,10H2,1-3H3/t11?,13-/m1/s1. The van der Waals surface area contributed by atoms with Crippen LogP contribution in [0.15, 0.2) is 24.3 Å². The van der Waals surface area contributed by atoms with Gasteiger partial charge in [-0.3, -0.25) is 4.90 Å². The Morgan fingerprint density at radius 2 is 2.00 bits per heavy atom. The Kier molecular flexibility index (Phi) is 5.45. The zero-order valence-electron chi connectivity index (χ0n) is 10.9. The van der Waals surface area contributed by atoms with Gasteiger partial charge in [-0.2, -0.15) is 0 Å². The lowest BCUT2D eigenvalue weighted by molar-refractivity contribution is 0.0918. The molecule has 0 heterocycles. The van der Waals surface area contributed by atoms with E-state index < -0.39 is 0 Å². The van der Waals surface area contributed by atoms with Crippen molar-refractivity contribution in [3.05, 3.63) is 29.8 Å². The minimum atomic E-state index is -0.283. The van der Waals surface area contributed by atoms with E-state index in [4.69, 9.17) is 0 Å². The molecule has 0 aliphatic carbocycles. The number of hydrogen-bond donors (Lipinski definition) is 2. The average molecular weight is 237 g/mol. The first kappa shape index (κ1) is 14.0. The first-order valence-corrected chi connectivity index (χ1v) is 6.29. The van der Waals surface area contributed by atoms with Gasteiger partial charge in [0.25, 0.3) is 0 Å². The molecule has 0 radical (unpaired) electrons. The molecule has 1 rings (SSSR count). The van der Waals surface area contributed by atoms with Crippen molar-refractivity contribution in [2.75, 3.05) is 13.1 Å². The zero-order valence-corrected chi connectivity index (χ0v) is 10.9. The van der Waals surface area contributed by atoms with E-state index in [9.17, 15) is 10.2 Å². The molecule has 0 bridgehead atoms. The maximum atomic E-state index is 9.72. The average Bonchev–Trinajstić information content (AvgIpc) is 2.34. The second kappa shape index (κ2) is 6.62. The summed E-state index contributed by atoms with van der Waals surface area (Å²) in [6, 6.07) is 7.52. The van der Waals surface area contributed by atoms with E-state index in [1.54, 1.807) is 12.1 Å². The largest absolute Gasteiger partial charge is 0.508 e. The Balaban J connectivity index is 2.75. The fourth-order valence-corrected chi connectivity index (χ4v) is 1.96. The Morgan fingerprint density at radius 3 is 2.53 bits per heavy atom. The lowest BCUT2D eigenvalue weighted by atomic mass is 10.1. The van der Waals surface area contributed by atoms with Gasteiger partial charge in [0, 0.05) is 12.6 Å². The Bertz CT molecular complexity index is 341. The smallest absolute Gasteiger partial charge is 0.115 e. The number of hydrogen-bond acceptors (Lipinski definition) is 3. The van der Waals surface area contributed by atoms with Crippen LogP contribution in [0.2, 0.25) is 0 Å². The third-order valence-electron chi connectivity index (χ3n) is 3.22. The number of phenolic OH excluding ortho intramolecular Hbond substituents is 1. The van der Waals surface area contributed by atoms with Gasteiger partial charge in [-0.05, 0) is 37.6 Å². The van der Waals surface area contributed by atoms with Gasteiger partial charge in [0.1, 0.15) is 5.75 Å². The van der Waals surface area contributed by atoms with Gasteiger partial charge in [0.15, 0.2) is 0 Å². The normalized spacial score (nSPS) is 14.9. The van der Waals surface area contributed by atoms with E-state index in [1.165, 1.54) is 0 Å². The third kappa shape index (κ3) is 4.02. The van der Waals surface area contributed by atoms with Gasteiger partial charge >= 0.3 is 0 Å². The van der Waals surface area contributed by atoms with Crippen molar-refractivity contribution in [2.45, 2.75) is 39.3 Å². The number of likely N-dealkylation sites (N-methyl/N-ethyl adjacent to an activating group) is 1. The fourth-order valence-electron chi connectivity index (χ4n) is 1.96. The highest BCUT2D eigenvalue weighted by molar-refractivity contribution is 5.29. The molecule has 3 nitrogen and oxygen atoms in total. The van der Waals surface area contributed by atoms with Crippen LogP contribution in [0.4, 0.5) is 0 Å². The topological polar surface area (TPSA) is 43.7 Å². The molecule has 96 valence electrons. The van der Waals surface area contributed by atoms with Crippen LogP contribution in [0.1, 0.15) is 38.8 Å². The van der Waals surface area contributed by atoms with Crippen LogP contribution < -0.4 is 0 Å². The van der Waals surface area contributed by atoms with Crippen molar-refractivity contribution in [1.29, 1.82) is 0 Å². The van der Waals surface area contributed by atoms with E-state index in [0.717, 1.165) is 18.5 Å². The second-order valence-electron chi connectivity index (χ2n) is 4.42. The summed E-state index contributed by atoms with van der Waals surface area (Å²) in [5, 5.41) is 19.2. The molecule has 0 aromatic heterocycles. The molecular formula is C14H23NO2. The number of nitrogens with zero attached hydrogens (tertiary/aromatic N) is 1. The van der Waals surface area contributed by atoms with Crippen LogP contribution in [-0.4, -0.2) is 34.3 Å². The third-order valence-corrected chi connectivity index (χ3v) is 3.22. The highest BCUT2D eigenvalue weighted by atomic mass is 16.3. The summed E-state index contributed by atoms with van der Waals surface area (Å²) < 4.78 is 0. The van der Waals surface area contributed by atoms with E-state index in [1.807, 2.05) is 19.1 Å². The predicted octanol–water partition coefficient (Wildman–Crippen LogP) is 2.55. The van der Waals surface area contributed by atoms with Crippen LogP contribution in [0.3, 0.4) is 0 Å². The SMILES string of the molecule is CC[C@@H](O)CN(CC)C(C)c1cccc(O)c1. The number of aromatic hydroxyl groups is 1. The van der Waals surface area contributed by atoms with Gasteiger partial charge in [-0.15, -0.1) is 0 Å². The highest BCUT2D eigenvalue weighted by Crippen LogP contribution is 2.23. The molecule has 2 atom stereocenters. The Morgan fingerprint density at radius 1 is 1.29 bits per heavy atom. The van der Waals surface area contributed by atoms with Crippen LogP contribution in [0.5, 0.6) is 5.75 Å². The van der Waals surface area contributed by atoms with Crippen molar-refractivity contribution in [3.8, 4) is 5.75 Å². The molecule has 1 unspecified atom stereocenters. The number of rotatable bonds is 6. The summed E-state index contributed by atoms with van der Waals surface area (Å²) in [6.45, 7) is 7.72. The maximum Gasteiger partial charge on any atom is 0.115 e. The van der Waals surface area contributed by atoms with Gasteiger partial charge in [-0.1, -0.05) is 26.0 Å². The number of aliphatic hydroxyl groups excluding tert-OH is 1. The first-order chi connectivity index (χ1) is 8.08. The summed E-state index contributed by atoms with van der Waals surface area (Å²) in [5.41, 5.74) is 1.08. The maximum absolute atomic E-state index is 9.72. The molecule has 1 aromatic carbocycles. The molecule has 0 fully saturated rings. The van der Waals surface area contributed by atoms with E-state index in [0.29, 0.717) is 12.3 Å². The number of phenols is 1. The minimum absolute atomic E-state index is 0.202. The summed E-state index contributed by atoms with van der Waals surface area (Å²) in [4.78, 5) is 2.21. The summed E-state index contributed by atoms with van der Waals surface area (Å²) >= 11 is 0. The second-order valence-corrected chi connectivity index (χ2v) is 4.42. The quantitative estimate of drug-likeness (QED) is 0.799. The molecule has 0 saturated heterocycles. The predicted molar refractivity (Wildman–Crippen MR) is 70.1 cm³/mol. The van der Waals surface area contributed by atoms with Gasteiger partial charge in [0.05, 0.1) is 6.10 Å². The Hall–Kier alpha value is -1.06. The molecule has 1 aromatic rings. The van der Waals surface area contributed by atoms with Gasteiger partial charge < -0.3 is 10.2 Å². The van der Waals surface area contributed by atoms with Crippen LogP contribution in [0, 0.1) is 0 Å². The summed E-state index contributed by atoms with van der Waals surface area (Å²) in [7, 11) is 0. The molecule has 0 saturated carbocycles. The molecule has 0 spiro atoms. The van der Waals surface area contributed by atoms with Crippen molar-refractivity contribution >= 4 is 0 Å². The monoisotopic (exact) mass is 237 g/mol. The molecule has 0 aliphatic rings. The van der Waals surface area contributed by atoms with Gasteiger partial charge in [0.2, 0.25) is 0 Å². The van der Waals surface area contributed by atoms with Crippen LogP contribution >= 0.6 is 0 Å². The van der Waals surface area contributed by atoms with Crippen molar-refractivity contribution in [2.24, 2.45) is 0 Å². The lowest BCUT2D eigenvalue weighted by Crippen LogP contribution is -2.34. The van der Waals surface area contributed by atoms with E-state index >= 15 is 0 Å². The molecule has 0 amide bonds. The summed E-state index contributed by atoms with van der Waals surface area (Å²) in [6.07, 6.45) is 0.484. The van der Waals surface area contributed by atoms with Crippen molar-refractivity contribution < 1.29 is 10.2 Å². The molecular weight excluding hydrogens is 214 g/mol. The minimum Gasteiger partial charge on any atom is -0.508 e. The van der Waals surface area contributed by atoms with E-state index in [-0.39, 0.29) is 12.1 Å². The molecule has 3 heteroatoms. The zero-order chi connectivity index (χ0) is 12.8. The molecule has 17 heavy (non-hydrogen) atoms. The number of benzene rings is 1. The Labute approximate surface area is 104 Å². The highest BCUT2D eigenvalue weighted by Gasteiger charge is 2.16. The molecule has 0 aliphatic heterocycles. The van der Waals surface area contributed by atoms with Crippen LogP contribution in [0.25, 0.3) is 0 Å². The van der Waals surface area contributed by atoms with E-state index in [2.05, 4.69) is 18.7 Å². The van der Waals surface area contributed by atoms with Crippen molar-refractivity contribution in [1.82, 2.24) is 4.90 Å². The summed E-state index contributed by atoms with van der Waals surface area (Å²) in [5.74, 6) is 0.293. The van der Waals surface area contributed by atoms with Crippen LogP contribution in [-0.2, 0) is 0 Å². The van der Waals surface area contributed by atoms with Crippen molar-refractivity contribution in [3.63, 3.8) is 0 Å².